The molecule has 0 bridgehead atoms. The van der Waals surface area contributed by atoms with E-state index in [1.54, 1.807) is 0 Å². The molecule has 0 saturated heterocycles. The molecule has 28 heavy (non-hydrogen) atoms. The van der Waals surface area contributed by atoms with Crippen LogP contribution in [0.25, 0.3) is 22.8 Å². The second-order valence-electron chi connectivity index (χ2n) is 5.53. The summed E-state index contributed by atoms with van der Waals surface area (Å²) in [7, 11) is 0. The number of nitrogens with zero attached hydrogens (tertiary/aromatic N) is 2. The third-order valence-corrected chi connectivity index (χ3v) is 3.58. The number of nitrogens with one attached hydrogen (secondary N) is 1. The van der Waals surface area contributed by atoms with Crippen LogP contribution in [0.15, 0.2) is 48.5 Å². The molecule has 0 unspecified atom stereocenters. The molecule has 0 amide bonds. The molecule has 0 saturated carbocycles. The van der Waals surface area contributed by atoms with Crippen molar-refractivity contribution in [2.75, 3.05) is 0 Å². The van der Waals surface area contributed by atoms with Gasteiger partial charge in [-0.15, -0.1) is 0 Å². The largest absolute Gasteiger partial charge is 0.499 e. The number of benzene rings is 2. The molecular formula is C17H10F5N3O3. The summed E-state index contributed by atoms with van der Waals surface area (Å²) < 4.78 is 66.0. The number of ether oxygens (including phenoxy) is 1. The van der Waals surface area contributed by atoms with E-state index in [2.05, 4.69) is 19.9 Å². The van der Waals surface area contributed by atoms with Crippen LogP contribution in [-0.4, -0.2) is 38.5 Å². The maximum Gasteiger partial charge on any atom is 0.499 e. The van der Waals surface area contributed by atoms with Crippen LogP contribution in [0.4, 0.5) is 22.0 Å². The first-order chi connectivity index (χ1) is 13.1. The van der Waals surface area contributed by atoms with Gasteiger partial charge in [0.1, 0.15) is 5.75 Å². The van der Waals surface area contributed by atoms with Gasteiger partial charge in [-0.05, 0) is 36.4 Å². The maximum absolute atomic E-state index is 12.9. The monoisotopic (exact) mass is 399 g/mol. The van der Waals surface area contributed by atoms with E-state index in [9.17, 15) is 26.7 Å². The van der Waals surface area contributed by atoms with Gasteiger partial charge in [-0.25, -0.2) is 9.78 Å². The van der Waals surface area contributed by atoms with Crippen LogP contribution in [0, 0.1) is 0 Å². The number of aromatic carboxylic acids is 1. The lowest BCUT2D eigenvalue weighted by Gasteiger charge is -2.20. The number of rotatable bonds is 5. The first kappa shape index (κ1) is 19.3. The summed E-state index contributed by atoms with van der Waals surface area (Å²) in [4.78, 5) is 15.0. The minimum Gasteiger partial charge on any atom is -0.478 e. The second-order valence-corrected chi connectivity index (χ2v) is 5.53. The van der Waals surface area contributed by atoms with Crippen LogP contribution >= 0.6 is 0 Å². The molecule has 0 aliphatic carbocycles. The van der Waals surface area contributed by atoms with Crippen molar-refractivity contribution < 1.29 is 36.6 Å². The third-order valence-electron chi connectivity index (χ3n) is 3.58. The Kier molecular flexibility index (Phi) is 4.75. The minimum absolute atomic E-state index is 0.0887. The molecule has 0 spiro atoms. The van der Waals surface area contributed by atoms with Gasteiger partial charge < -0.3 is 9.84 Å². The number of hydrogen-bond acceptors (Lipinski definition) is 4. The lowest BCUT2D eigenvalue weighted by Crippen LogP contribution is -2.41. The van der Waals surface area contributed by atoms with Crippen molar-refractivity contribution in [1.82, 2.24) is 15.2 Å². The van der Waals surface area contributed by atoms with Gasteiger partial charge in [0, 0.05) is 11.1 Å². The van der Waals surface area contributed by atoms with Crippen molar-refractivity contribution in [3.63, 3.8) is 0 Å². The van der Waals surface area contributed by atoms with Gasteiger partial charge in [-0.3, -0.25) is 5.10 Å². The molecule has 6 nitrogen and oxygen atoms in total. The van der Waals surface area contributed by atoms with Gasteiger partial charge in [-0.1, -0.05) is 12.1 Å². The molecule has 2 N–H and O–H groups in total. The molecule has 2 aromatic carbocycles. The predicted octanol–water partition coefficient (Wildman–Crippen LogP) is 4.37. The molecule has 11 heteroatoms. The Morgan fingerprint density at radius 2 is 1.50 bits per heavy atom. The Labute approximate surface area is 153 Å². The van der Waals surface area contributed by atoms with E-state index in [0.29, 0.717) is 11.1 Å². The van der Waals surface area contributed by atoms with Gasteiger partial charge >= 0.3 is 18.3 Å². The van der Waals surface area contributed by atoms with Crippen LogP contribution in [0.5, 0.6) is 5.75 Å². The van der Waals surface area contributed by atoms with Crippen LogP contribution in [0.2, 0.25) is 0 Å². The molecule has 3 rings (SSSR count). The van der Waals surface area contributed by atoms with Crippen molar-refractivity contribution in [1.29, 1.82) is 0 Å². The number of alkyl halides is 5. The smallest absolute Gasteiger partial charge is 0.478 e. The molecule has 0 aliphatic rings. The van der Waals surface area contributed by atoms with E-state index in [1.165, 1.54) is 36.4 Å². The normalized spacial score (nSPS) is 12.0. The average Bonchev–Trinajstić information content (AvgIpc) is 3.11. The summed E-state index contributed by atoms with van der Waals surface area (Å²) in [6.07, 6.45) is -11.1. The number of carboxylic acid groups (broad SMARTS) is 1. The zero-order valence-corrected chi connectivity index (χ0v) is 13.7. The lowest BCUT2D eigenvalue weighted by atomic mass is 10.1. The van der Waals surface area contributed by atoms with Crippen LogP contribution in [0.3, 0.4) is 0 Å². The standard InChI is InChI=1S/C17H10F5N3O3/c18-16(19,20)17(21,22)28-12-7-5-10(6-8-12)14-23-13(24-25-14)9-1-3-11(4-2-9)15(26)27/h1-8H,(H,26,27)(H,23,24,25). The number of carboxylic acids is 1. The Hall–Kier alpha value is -3.50. The van der Waals surface area contributed by atoms with Crippen LogP contribution < -0.4 is 4.74 Å². The SMILES string of the molecule is O=C(O)c1ccc(-c2n[nH]c(-c3ccc(OC(F)(F)C(F)(F)F)cc3)n2)cc1. The Morgan fingerprint density at radius 1 is 0.929 bits per heavy atom. The molecule has 1 heterocycles. The Balaban J connectivity index is 1.77. The van der Waals surface area contributed by atoms with E-state index in [0.717, 1.165) is 12.1 Å². The number of halogens is 5. The van der Waals surface area contributed by atoms with Crippen LogP contribution in [0.1, 0.15) is 10.4 Å². The Morgan fingerprint density at radius 3 is 2.04 bits per heavy atom. The second kappa shape index (κ2) is 6.91. The highest BCUT2D eigenvalue weighted by atomic mass is 19.4. The first-order valence-corrected chi connectivity index (χ1v) is 7.57. The first-order valence-electron chi connectivity index (χ1n) is 7.57. The lowest BCUT2D eigenvalue weighted by molar-refractivity contribution is -0.360. The number of aromatic nitrogens is 3. The molecule has 0 aliphatic heterocycles. The van der Waals surface area contributed by atoms with Gasteiger partial charge in [0.25, 0.3) is 0 Å². The topological polar surface area (TPSA) is 88.1 Å². The summed E-state index contributed by atoms with van der Waals surface area (Å²) in [5, 5.41) is 15.5. The van der Waals surface area contributed by atoms with Crippen molar-refractivity contribution >= 4 is 5.97 Å². The van der Waals surface area contributed by atoms with Crippen molar-refractivity contribution in [3.05, 3.63) is 54.1 Å². The zero-order valence-electron chi connectivity index (χ0n) is 13.7. The van der Waals surface area contributed by atoms with E-state index in [1.807, 2.05) is 0 Å². The zero-order chi connectivity index (χ0) is 20.5. The average molecular weight is 399 g/mol. The Bertz CT molecular complexity index is 983. The fourth-order valence-corrected chi connectivity index (χ4v) is 2.17. The maximum atomic E-state index is 12.9. The van der Waals surface area contributed by atoms with Gasteiger partial charge in [-0.2, -0.15) is 27.1 Å². The summed E-state index contributed by atoms with van der Waals surface area (Å²) in [5.74, 6) is -1.28. The van der Waals surface area contributed by atoms with Crippen molar-refractivity contribution in [2.24, 2.45) is 0 Å². The summed E-state index contributed by atoms with van der Waals surface area (Å²) in [6, 6.07) is 10.1. The van der Waals surface area contributed by atoms with Crippen molar-refractivity contribution in [2.45, 2.75) is 12.3 Å². The van der Waals surface area contributed by atoms with Crippen LogP contribution in [-0.2, 0) is 0 Å². The molecule has 1 aromatic heterocycles. The fraction of sp³-hybridized carbons (Fsp3) is 0.118. The molecule has 0 fully saturated rings. The molecule has 0 radical (unpaired) electrons. The molecule has 3 aromatic rings. The summed E-state index contributed by atoms with van der Waals surface area (Å²) in [6.45, 7) is 0. The number of aromatic amines is 1. The highest BCUT2D eigenvalue weighted by molar-refractivity contribution is 5.88. The molecule has 0 atom stereocenters. The minimum atomic E-state index is -5.83. The van der Waals surface area contributed by atoms with Gasteiger partial charge in [0.05, 0.1) is 5.56 Å². The molecular weight excluding hydrogens is 389 g/mol. The van der Waals surface area contributed by atoms with Crippen molar-refractivity contribution in [3.8, 4) is 28.5 Å². The predicted molar refractivity (Wildman–Crippen MR) is 85.8 cm³/mol. The number of H-pyrrole nitrogens is 1. The van der Waals surface area contributed by atoms with E-state index in [-0.39, 0.29) is 17.2 Å². The van der Waals surface area contributed by atoms with Gasteiger partial charge in [0.2, 0.25) is 0 Å². The fourth-order valence-electron chi connectivity index (χ4n) is 2.17. The number of carbonyl (C=O) groups is 1. The van der Waals surface area contributed by atoms with Gasteiger partial charge in [0.15, 0.2) is 11.6 Å². The highest BCUT2D eigenvalue weighted by Gasteiger charge is 2.61. The highest BCUT2D eigenvalue weighted by Crippen LogP contribution is 2.37. The van der Waals surface area contributed by atoms with E-state index in [4.69, 9.17) is 5.11 Å². The quantitative estimate of drug-likeness (QED) is 0.622. The third kappa shape index (κ3) is 3.92. The number of hydrogen-bond donors (Lipinski definition) is 2. The summed E-state index contributed by atoms with van der Waals surface area (Å²) >= 11 is 0. The van der Waals surface area contributed by atoms with E-state index >= 15 is 0 Å². The molecule has 146 valence electrons. The van der Waals surface area contributed by atoms with E-state index < -0.39 is 24.0 Å². The summed E-state index contributed by atoms with van der Waals surface area (Å²) in [5.41, 5.74) is 0.978.